The SMILES string of the molecule is O=C(CC1CNCCO1)Nc1ccc(I)cc1Cl. The Morgan fingerprint density at radius 2 is 2.44 bits per heavy atom. The van der Waals surface area contributed by atoms with Crippen LogP contribution in [0.3, 0.4) is 0 Å². The van der Waals surface area contributed by atoms with Gasteiger partial charge in [0, 0.05) is 16.7 Å². The third kappa shape index (κ3) is 4.08. The second-order valence-corrected chi connectivity index (χ2v) is 5.73. The highest BCUT2D eigenvalue weighted by atomic mass is 127. The van der Waals surface area contributed by atoms with Crippen LogP contribution in [-0.4, -0.2) is 31.7 Å². The number of carbonyl (C=O) groups excluding carboxylic acids is 1. The maximum atomic E-state index is 11.8. The molecule has 18 heavy (non-hydrogen) atoms. The predicted octanol–water partition coefficient (Wildman–Crippen LogP) is 2.26. The average molecular weight is 381 g/mol. The molecule has 0 aliphatic carbocycles. The van der Waals surface area contributed by atoms with Crippen LogP contribution in [0.2, 0.25) is 5.02 Å². The molecule has 0 spiro atoms. The Morgan fingerprint density at radius 3 is 3.11 bits per heavy atom. The molecule has 1 aliphatic heterocycles. The molecule has 1 amide bonds. The number of carbonyl (C=O) groups is 1. The molecule has 1 saturated heterocycles. The van der Waals surface area contributed by atoms with Gasteiger partial charge in [-0.25, -0.2) is 0 Å². The molecule has 1 unspecified atom stereocenters. The van der Waals surface area contributed by atoms with Crippen LogP contribution < -0.4 is 10.6 Å². The largest absolute Gasteiger partial charge is 0.375 e. The van der Waals surface area contributed by atoms with Crippen molar-refractivity contribution in [1.82, 2.24) is 5.32 Å². The molecule has 2 N–H and O–H groups in total. The lowest BCUT2D eigenvalue weighted by molar-refractivity contribution is -0.119. The highest BCUT2D eigenvalue weighted by molar-refractivity contribution is 14.1. The molecular formula is C12H14ClIN2O2. The highest BCUT2D eigenvalue weighted by Gasteiger charge is 2.17. The minimum atomic E-state index is -0.0770. The summed E-state index contributed by atoms with van der Waals surface area (Å²) in [5.41, 5.74) is 0.644. The summed E-state index contributed by atoms with van der Waals surface area (Å²) in [6, 6.07) is 5.53. The van der Waals surface area contributed by atoms with Crippen LogP contribution in [-0.2, 0) is 9.53 Å². The van der Waals surface area contributed by atoms with Gasteiger partial charge in [-0.2, -0.15) is 0 Å². The fourth-order valence-corrected chi connectivity index (χ4v) is 2.65. The quantitative estimate of drug-likeness (QED) is 0.791. The van der Waals surface area contributed by atoms with Crippen LogP contribution in [0.4, 0.5) is 5.69 Å². The summed E-state index contributed by atoms with van der Waals surface area (Å²) in [5.74, 6) is -0.0770. The first-order valence-electron chi connectivity index (χ1n) is 5.72. The zero-order valence-electron chi connectivity index (χ0n) is 9.71. The summed E-state index contributed by atoms with van der Waals surface area (Å²) >= 11 is 8.23. The number of halogens is 2. The Labute approximate surface area is 125 Å². The summed E-state index contributed by atoms with van der Waals surface area (Å²) in [5, 5.41) is 6.55. The summed E-state index contributed by atoms with van der Waals surface area (Å²) in [6.45, 7) is 2.22. The minimum Gasteiger partial charge on any atom is -0.375 e. The van der Waals surface area contributed by atoms with Gasteiger partial charge in [0.25, 0.3) is 0 Å². The predicted molar refractivity (Wildman–Crippen MR) is 80.0 cm³/mol. The first-order chi connectivity index (χ1) is 8.65. The molecule has 6 heteroatoms. The van der Waals surface area contributed by atoms with Gasteiger partial charge in [0.2, 0.25) is 5.91 Å². The van der Waals surface area contributed by atoms with Gasteiger partial charge in [-0.15, -0.1) is 0 Å². The molecule has 0 saturated carbocycles. The van der Waals surface area contributed by atoms with Gasteiger partial charge in [0.1, 0.15) is 0 Å². The lowest BCUT2D eigenvalue weighted by Crippen LogP contribution is -2.40. The maximum absolute atomic E-state index is 11.8. The van der Waals surface area contributed by atoms with Crippen molar-refractivity contribution in [3.63, 3.8) is 0 Å². The van der Waals surface area contributed by atoms with Crippen LogP contribution >= 0.6 is 34.2 Å². The maximum Gasteiger partial charge on any atom is 0.227 e. The van der Waals surface area contributed by atoms with E-state index in [1.54, 1.807) is 0 Å². The zero-order valence-corrected chi connectivity index (χ0v) is 12.6. The normalized spacial score (nSPS) is 19.6. The van der Waals surface area contributed by atoms with Crippen molar-refractivity contribution in [2.75, 3.05) is 25.0 Å². The van der Waals surface area contributed by atoms with Crippen molar-refractivity contribution >= 4 is 45.8 Å². The van der Waals surface area contributed by atoms with E-state index in [4.69, 9.17) is 16.3 Å². The standard InChI is InChI=1S/C12H14ClIN2O2/c13-10-5-8(14)1-2-11(10)16-12(17)6-9-7-15-3-4-18-9/h1-2,5,9,15H,3-4,6-7H2,(H,16,17). The van der Waals surface area contributed by atoms with Gasteiger partial charge in [0.15, 0.2) is 0 Å². The van der Waals surface area contributed by atoms with Crippen molar-refractivity contribution in [3.05, 3.63) is 26.8 Å². The van der Waals surface area contributed by atoms with E-state index in [0.29, 0.717) is 30.3 Å². The molecule has 1 heterocycles. The molecule has 1 fully saturated rings. The fourth-order valence-electron chi connectivity index (χ4n) is 1.75. The number of nitrogens with one attached hydrogen (secondary N) is 2. The molecule has 4 nitrogen and oxygen atoms in total. The van der Waals surface area contributed by atoms with E-state index in [9.17, 15) is 4.79 Å². The third-order valence-electron chi connectivity index (χ3n) is 2.62. The van der Waals surface area contributed by atoms with Gasteiger partial charge >= 0.3 is 0 Å². The van der Waals surface area contributed by atoms with Crippen LogP contribution in [0.15, 0.2) is 18.2 Å². The number of rotatable bonds is 3. The smallest absolute Gasteiger partial charge is 0.227 e. The second kappa shape index (κ2) is 6.70. The van der Waals surface area contributed by atoms with Gasteiger partial charge < -0.3 is 15.4 Å². The number of amides is 1. The van der Waals surface area contributed by atoms with Crippen LogP contribution in [0.5, 0.6) is 0 Å². The summed E-state index contributed by atoms with van der Waals surface area (Å²) < 4.78 is 6.52. The van der Waals surface area contributed by atoms with Crippen molar-refractivity contribution in [3.8, 4) is 0 Å². The minimum absolute atomic E-state index is 0.0543. The monoisotopic (exact) mass is 380 g/mol. The molecule has 1 atom stereocenters. The Kier molecular flexibility index (Phi) is 5.23. The molecule has 1 aromatic carbocycles. The molecule has 1 aromatic rings. The Morgan fingerprint density at radius 1 is 1.61 bits per heavy atom. The summed E-state index contributed by atoms with van der Waals surface area (Å²) in [4.78, 5) is 11.8. The Hall–Kier alpha value is -0.370. The molecular weight excluding hydrogens is 367 g/mol. The average Bonchev–Trinajstić information content (AvgIpc) is 2.34. The van der Waals surface area contributed by atoms with Crippen molar-refractivity contribution in [1.29, 1.82) is 0 Å². The van der Waals surface area contributed by atoms with Gasteiger partial charge in [0.05, 0.1) is 29.8 Å². The molecule has 0 bridgehead atoms. The van der Waals surface area contributed by atoms with E-state index in [-0.39, 0.29) is 12.0 Å². The Bertz CT molecular complexity index is 436. The van der Waals surface area contributed by atoms with Crippen molar-refractivity contribution < 1.29 is 9.53 Å². The first kappa shape index (κ1) is 14.0. The molecule has 98 valence electrons. The summed E-state index contributed by atoms with van der Waals surface area (Å²) in [6.07, 6.45) is 0.288. The molecule has 2 rings (SSSR count). The number of hydrogen-bond donors (Lipinski definition) is 2. The van der Waals surface area contributed by atoms with E-state index in [1.165, 1.54) is 0 Å². The molecule has 1 aliphatic rings. The number of ether oxygens (including phenoxy) is 1. The first-order valence-corrected chi connectivity index (χ1v) is 7.18. The van der Waals surface area contributed by atoms with Gasteiger partial charge in [-0.3, -0.25) is 4.79 Å². The van der Waals surface area contributed by atoms with E-state index in [1.807, 2.05) is 18.2 Å². The zero-order chi connectivity index (χ0) is 13.0. The van der Waals surface area contributed by atoms with Crippen LogP contribution in [0.1, 0.15) is 6.42 Å². The fraction of sp³-hybridized carbons (Fsp3) is 0.417. The summed E-state index contributed by atoms with van der Waals surface area (Å²) in [7, 11) is 0. The number of benzene rings is 1. The number of anilines is 1. The lowest BCUT2D eigenvalue weighted by Gasteiger charge is -2.23. The van der Waals surface area contributed by atoms with Crippen molar-refractivity contribution in [2.45, 2.75) is 12.5 Å². The highest BCUT2D eigenvalue weighted by Crippen LogP contribution is 2.24. The topological polar surface area (TPSA) is 50.4 Å². The Balaban J connectivity index is 1.90. The number of morpholine rings is 1. The van der Waals surface area contributed by atoms with Crippen molar-refractivity contribution in [2.24, 2.45) is 0 Å². The number of hydrogen-bond acceptors (Lipinski definition) is 3. The third-order valence-corrected chi connectivity index (χ3v) is 3.61. The van der Waals surface area contributed by atoms with E-state index >= 15 is 0 Å². The van der Waals surface area contributed by atoms with Crippen LogP contribution in [0.25, 0.3) is 0 Å². The lowest BCUT2D eigenvalue weighted by atomic mass is 10.2. The van der Waals surface area contributed by atoms with Crippen LogP contribution in [0, 0.1) is 3.57 Å². The van der Waals surface area contributed by atoms with Gasteiger partial charge in [-0.05, 0) is 40.8 Å². The van der Waals surface area contributed by atoms with E-state index < -0.39 is 0 Å². The molecule has 0 radical (unpaired) electrons. The second-order valence-electron chi connectivity index (χ2n) is 4.07. The van der Waals surface area contributed by atoms with E-state index in [2.05, 4.69) is 33.2 Å². The molecule has 0 aromatic heterocycles. The van der Waals surface area contributed by atoms with E-state index in [0.717, 1.165) is 10.1 Å². The van der Waals surface area contributed by atoms with Gasteiger partial charge in [-0.1, -0.05) is 11.6 Å².